The van der Waals surface area contributed by atoms with E-state index in [1.807, 2.05) is 0 Å². The maximum atomic E-state index is 13.5. The Bertz CT molecular complexity index is 1520. The molecular formula is C24H17Cl2N7O3. The Morgan fingerprint density at radius 1 is 1.14 bits per heavy atom. The molecule has 0 radical (unpaired) electrons. The number of hydrogen-bond donors (Lipinski definition) is 2. The van der Waals surface area contributed by atoms with Crippen molar-refractivity contribution in [2.24, 2.45) is 0 Å². The van der Waals surface area contributed by atoms with Crippen LogP contribution in [0.3, 0.4) is 0 Å². The highest BCUT2D eigenvalue weighted by atomic mass is 35.5. The summed E-state index contributed by atoms with van der Waals surface area (Å²) in [6.45, 7) is 1.77. The summed E-state index contributed by atoms with van der Waals surface area (Å²) >= 11 is 12.5. The van der Waals surface area contributed by atoms with Crippen LogP contribution in [0.25, 0.3) is 11.4 Å². The lowest BCUT2D eigenvalue weighted by atomic mass is 9.95. The summed E-state index contributed by atoms with van der Waals surface area (Å²) in [5.74, 6) is 0.371. The highest BCUT2D eigenvalue weighted by molar-refractivity contribution is 6.42. The Balaban J connectivity index is 1.60. The maximum absolute atomic E-state index is 13.5. The van der Waals surface area contributed by atoms with Gasteiger partial charge in [-0.3, -0.25) is 19.9 Å². The van der Waals surface area contributed by atoms with Gasteiger partial charge >= 0.3 is 0 Å². The van der Waals surface area contributed by atoms with Crippen molar-refractivity contribution < 1.29 is 9.72 Å². The molecule has 0 aliphatic carbocycles. The zero-order valence-corrected chi connectivity index (χ0v) is 20.2. The molecule has 10 nitrogen and oxygen atoms in total. The highest BCUT2D eigenvalue weighted by Crippen LogP contribution is 2.38. The molecule has 0 spiro atoms. The molecule has 1 amide bonds. The molecule has 0 fully saturated rings. The van der Waals surface area contributed by atoms with E-state index < -0.39 is 11.0 Å². The van der Waals surface area contributed by atoms with Gasteiger partial charge < -0.3 is 10.6 Å². The number of fused-ring (bicyclic) bond motifs is 1. The predicted molar refractivity (Wildman–Crippen MR) is 136 cm³/mol. The summed E-state index contributed by atoms with van der Waals surface area (Å²) in [5, 5.41) is 22.4. The molecule has 180 valence electrons. The minimum atomic E-state index is -0.688. The average molecular weight is 522 g/mol. The maximum Gasteiger partial charge on any atom is 0.269 e. The van der Waals surface area contributed by atoms with E-state index in [0.717, 1.165) is 0 Å². The number of rotatable bonds is 5. The van der Waals surface area contributed by atoms with Gasteiger partial charge in [0.25, 0.3) is 11.6 Å². The molecule has 2 aromatic carbocycles. The number of allylic oxidation sites excluding steroid dienone is 1. The van der Waals surface area contributed by atoms with Crippen molar-refractivity contribution in [1.29, 1.82) is 0 Å². The third kappa shape index (κ3) is 4.39. The number of amides is 1. The first-order chi connectivity index (χ1) is 17.3. The molecule has 1 atom stereocenters. The summed E-state index contributed by atoms with van der Waals surface area (Å²) in [5.41, 5.74) is 2.71. The Morgan fingerprint density at radius 2 is 1.92 bits per heavy atom. The van der Waals surface area contributed by atoms with Gasteiger partial charge in [0.05, 0.1) is 32.4 Å². The lowest BCUT2D eigenvalue weighted by Crippen LogP contribution is -2.31. The fourth-order valence-corrected chi connectivity index (χ4v) is 4.23. The smallest absolute Gasteiger partial charge is 0.269 e. The van der Waals surface area contributed by atoms with Crippen molar-refractivity contribution in [1.82, 2.24) is 19.7 Å². The van der Waals surface area contributed by atoms with E-state index in [4.69, 9.17) is 23.2 Å². The molecule has 4 aromatic rings. The van der Waals surface area contributed by atoms with Crippen molar-refractivity contribution >= 4 is 46.4 Å². The summed E-state index contributed by atoms with van der Waals surface area (Å²) in [7, 11) is 0. The zero-order valence-electron chi connectivity index (χ0n) is 18.6. The number of nitrogens with zero attached hydrogens (tertiary/aromatic N) is 5. The lowest BCUT2D eigenvalue weighted by Gasteiger charge is -2.28. The van der Waals surface area contributed by atoms with E-state index in [1.165, 1.54) is 12.1 Å². The summed E-state index contributed by atoms with van der Waals surface area (Å²) in [4.78, 5) is 32.6. The van der Waals surface area contributed by atoms with E-state index in [0.29, 0.717) is 49.9 Å². The molecule has 0 saturated heterocycles. The number of carbonyl (C=O) groups excluding carboxylic acids is 1. The lowest BCUT2D eigenvalue weighted by molar-refractivity contribution is -0.384. The van der Waals surface area contributed by atoms with Crippen LogP contribution in [0, 0.1) is 10.1 Å². The van der Waals surface area contributed by atoms with E-state index >= 15 is 0 Å². The SMILES string of the molecule is CC1=C(C(=O)Nc2cccnc2)C(c2ccc(Cl)c(Cl)c2)n2nc(-c3ccc([N+](=O)[O-])cc3)nc2N1. The minimum Gasteiger partial charge on any atom is -0.328 e. The van der Waals surface area contributed by atoms with Crippen LogP contribution in [0.5, 0.6) is 0 Å². The Labute approximate surface area is 214 Å². The third-order valence-electron chi connectivity index (χ3n) is 5.61. The molecule has 12 heteroatoms. The molecular weight excluding hydrogens is 505 g/mol. The van der Waals surface area contributed by atoms with E-state index in [9.17, 15) is 14.9 Å². The number of aromatic nitrogens is 4. The number of pyridine rings is 1. The zero-order chi connectivity index (χ0) is 25.4. The van der Waals surface area contributed by atoms with E-state index in [2.05, 4.69) is 25.7 Å². The average Bonchev–Trinajstić information content (AvgIpc) is 3.29. The number of carbonyl (C=O) groups is 1. The van der Waals surface area contributed by atoms with Gasteiger partial charge in [-0.05, 0) is 48.9 Å². The van der Waals surface area contributed by atoms with Gasteiger partial charge in [-0.2, -0.15) is 4.98 Å². The quantitative estimate of drug-likeness (QED) is 0.262. The number of nitro benzene ring substituents is 1. The summed E-state index contributed by atoms with van der Waals surface area (Å²) in [6.07, 6.45) is 3.16. The van der Waals surface area contributed by atoms with Crippen LogP contribution in [0.2, 0.25) is 10.0 Å². The number of halogens is 2. The first-order valence-electron chi connectivity index (χ1n) is 10.7. The molecule has 0 bridgehead atoms. The Morgan fingerprint density at radius 3 is 2.58 bits per heavy atom. The van der Waals surface area contributed by atoms with Crippen LogP contribution >= 0.6 is 23.2 Å². The van der Waals surface area contributed by atoms with Crippen molar-refractivity contribution in [3.05, 3.63) is 104 Å². The number of anilines is 2. The standard InChI is InChI=1S/C24H17Cl2N7O3/c1-13-20(23(34)29-16-3-2-10-27-12-16)21(15-6-9-18(25)19(26)11-15)32-24(28-13)30-22(31-32)14-4-7-17(8-5-14)33(35)36/h2-12,21H,1H3,(H,29,34)(H,28,30,31). The molecule has 2 N–H and O–H groups in total. The normalized spacial score (nSPS) is 14.7. The van der Waals surface area contributed by atoms with Crippen LogP contribution in [-0.2, 0) is 4.79 Å². The predicted octanol–water partition coefficient (Wildman–Crippen LogP) is 5.48. The van der Waals surface area contributed by atoms with Gasteiger partial charge in [-0.15, -0.1) is 5.10 Å². The molecule has 3 heterocycles. The molecule has 1 aliphatic heterocycles. The largest absolute Gasteiger partial charge is 0.328 e. The van der Waals surface area contributed by atoms with Gasteiger partial charge in [-0.1, -0.05) is 29.3 Å². The fraction of sp³-hybridized carbons (Fsp3) is 0.0833. The van der Waals surface area contributed by atoms with Crippen molar-refractivity contribution in [3.63, 3.8) is 0 Å². The molecule has 1 unspecified atom stereocenters. The minimum absolute atomic E-state index is 0.0404. The second-order valence-electron chi connectivity index (χ2n) is 7.94. The molecule has 1 aliphatic rings. The van der Waals surface area contributed by atoms with Crippen molar-refractivity contribution in [2.45, 2.75) is 13.0 Å². The Hall–Kier alpha value is -4.28. The number of benzene rings is 2. The van der Waals surface area contributed by atoms with Crippen molar-refractivity contribution in [2.75, 3.05) is 10.6 Å². The van der Waals surface area contributed by atoms with Crippen LogP contribution in [0.4, 0.5) is 17.3 Å². The fourth-order valence-electron chi connectivity index (χ4n) is 3.93. The van der Waals surface area contributed by atoms with Gasteiger partial charge in [0.2, 0.25) is 5.95 Å². The number of nitro groups is 1. The number of non-ortho nitro benzene ring substituents is 1. The first-order valence-corrected chi connectivity index (χ1v) is 11.4. The van der Waals surface area contributed by atoms with Crippen LogP contribution in [0.1, 0.15) is 18.5 Å². The van der Waals surface area contributed by atoms with Crippen LogP contribution in [0.15, 0.2) is 78.3 Å². The molecule has 2 aromatic heterocycles. The second-order valence-corrected chi connectivity index (χ2v) is 8.76. The molecule has 36 heavy (non-hydrogen) atoms. The Kier molecular flexibility index (Phi) is 6.13. The molecule has 0 saturated carbocycles. The van der Waals surface area contributed by atoms with Crippen molar-refractivity contribution in [3.8, 4) is 11.4 Å². The van der Waals surface area contributed by atoms with Gasteiger partial charge in [-0.25, -0.2) is 4.68 Å². The monoisotopic (exact) mass is 521 g/mol. The first kappa shape index (κ1) is 23.5. The van der Waals surface area contributed by atoms with Crippen LogP contribution < -0.4 is 10.6 Å². The van der Waals surface area contributed by atoms with Crippen LogP contribution in [-0.4, -0.2) is 30.6 Å². The summed E-state index contributed by atoms with van der Waals surface area (Å²) < 4.78 is 1.58. The van der Waals surface area contributed by atoms with E-state index in [-0.39, 0.29) is 11.6 Å². The number of nitrogens with one attached hydrogen (secondary N) is 2. The molecule has 5 rings (SSSR count). The highest BCUT2D eigenvalue weighted by Gasteiger charge is 2.35. The topological polar surface area (TPSA) is 128 Å². The number of hydrogen-bond acceptors (Lipinski definition) is 7. The van der Waals surface area contributed by atoms with E-state index in [1.54, 1.807) is 66.5 Å². The van der Waals surface area contributed by atoms with Gasteiger partial charge in [0.15, 0.2) is 5.82 Å². The third-order valence-corrected chi connectivity index (χ3v) is 6.35. The van der Waals surface area contributed by atoms with Gasteiger partial charge in [0.1, 0.15) is 6.04 Å². The second kappa shape index (κ2) is 9.40. The van der Waals surface area contributed by atoms with Gasteiger partial charge in [0, 0.05) is 29.6 Å². The summed E-state index contributed by atoms with van der Waals surface area (Å²) in [6, 6.07) is 13.8.